The summed E-state index contributed by atoms with van der Waals surface area (Å²) >= 11 is 0. The Morgan fingerprint density at radius 3 is 2.46 bits per heavy atom. The maximum Gasteiger partial charge on any atom is 0.408 e. The molecule has 0 aromatic heterocycles. The van der Waals surface area contributed by atoms with Crippen molar-refractivity contribution in [2.24, 2.45) is 5.73 Å². The lowest BCUT2D eigenvalue weighted by Gasteiger charge is -2.38. The molecule has 1 aromatic rings. The quantitative estimate of drug-likeness (QED) is 0.252. The fraction of sp³-hybridized carbons (Fsp3) is 0.542. The molecule has 37 heavy (non-hydrogen) atoms. The van der Waals surface area contributed by atoms with Crippen LogP contribution in [0.3, 0.4) is 0 Å². The summed E-state index contributed by atoms with van der Waals surface area (Å²) in [5.41, 5.74) is 6.36. The lowest BCUT2D eigenvalue weighted by Crippen LogP contribution is -2.55. The molecule has 2 fully saturated rings. The number of rotatable bonds is 10. The van der Waals surface area contributed by atoms with Crippen molar-refractivity contribution in [1.82, 2.24) is 20.0 Å². The highest BCUT2D eigenvalue weighted by molar-refractivity contribution is 5.92. The summed E-state index contributed by atoms with van der Waals surface area (Å²) in [5.74, 6) is -2.26. The lowest BCUT2D eigenvalue weighted by molar-refractivity contribution is -0.146. The van der Waals surface area contributed by atoms with Crippen LogP contribution in [0, 0.1) is 5.41 Å². The molecule has 5 N–H and O–H groups in total. The zero-order valence-corrected chi connectivity index (χ0v) is 21.6. The molecule has 0 bridgehead atoms. The van der Waals surface area contributed by atoms with Crippen molar-refractivity contribution in [3.63, 3.8) is 0 Å². The molecule has 2 aliphatic rings. The Bertz CT molecular complexity index is 976. The van der Waals surface area contributed by atoms with Crippen LogP contribution < -0.4 is 11.1 Å². The van der Waals surface area contributed by atoms with Crippen LogP contribution in [0.25, 0.3) is 0 Å². The zero-order valence-electron chi connectivity index (χ0n) is 20.8. The summed E-state index contributed by atoms with van der Waals surface area (Å²) in [7, 11) is 1.61. The van der Waals surface area contributed by atoms with E-state index in [-0.39, 0.29) is 43.5 Å². The number of nitrogens with zero attached hydrogens (tertiary/aromatic N) is 3. The fourth-order valence-electron chi connectivity index (χ4n) is 4.24. The van der Waals surface area contributed by atoms with Crippen molar-refractivity contribution >= 4 is 42.2 Å². The van der Waals surface area contributed by atoms with Crippen molar-refractivity contribution in [2.75, 3.05) is 26.7 Å². The number of hydrogen-bond donors (Lipinski definition) is 4. The molecule has 2 atom stereocenters. The zero-order chi connectivity index (χ0) is 26.2. The van der Waals surface area contributed by atoms with Gasteiger partial charge in [0.25, 0.3) is 0 Å². The SMILES string of the molecule is CN(C(=O)C[C@H](NC(=O)OCc1ccccc1)C(=O)N(CC(=O)O)C1CC1)[C@H]1CCCN(C(=N)N)C1.Cl. The summed E-state index contributed by atoms with van der Waals surface area (Å²) in [4.78, 5) is 54.8. The molecular weight excluding hydrogens is 504 g/mol. The summed E-state index contributed by atoms with van der Waals surface area (Å²) in [6.45, 7) is 0.498. The van der Waals surface area contributed by atoms with E-state index in [0.717, 1.165) is 12.0 Å². The van der Waals surface area contributed by atoms with E-state index in [2.05, 4.69) is 5.32 Å². The number of amides is 3. The second kappa shape index (κ2) is 13.7. The summed E-state index contributed by atoms with van der Waals surface area (Å²) in [6, 6.07) is 7.27. The number of likely N-dealkylation sites (tertiary alicyclic amines) is 1. The Morgan fingerprint density at radius 2 is 1.86 bits per heavy atom. The minimum Gasteiger partial charge on any atom is -0.480 e. The Hall–Kier alpha value is -3.54. The van der Waals surface area contributed by atoms with Gasteiger partial charge in [-0.3, -0.25) is 19.8 Å². The second-order valence-corrected chi connectivity index (χ2v) is 9.19. The highest BCUT2D eigenvalue weighted by Gasteiger charge is 2.39. The van der Waals surface area contributed by atoms with Gasteiger partial charge in [-0.25, -0.2) is 4.79 Å². The van der Waals surface area contributed by atoms with E-state index in [9.17, 15) is 24.3 Å². The van der Waals surface area contributed by atoms with Crippen LogP contribution in [0.1, 0.15) is 37.7 Å². The third-order valence-electron chi connectivity index (χ3n) is 6.44. The molecule has 1 heterocycles. The number of aliphatic carboxylic acids is 1. The van der Waals surface area contributed by atoms with Crippen LogP contribution in [0.4, 0.5) is 4.79 Å². The van der Waals surface area contributed by atoms with Crippen LogP contribution in [0.2, 0.25) is 0 Å². The van der Waals surface area contributed by atoms with Gasteiger partial charge in [0, 0.05) is 32.2 Å². The first-order chi connectivity index (χ1) is 17.2. The van der Waals surface area contributed by atoms with Crippen LogP contribution in [-0.4, -0.2) is 94.5 Å². The Balaban J connectivity index is 0.00000481. The molecule has 204 valence electrons. The molecule has 0 unspecified atom stereocenters. The lowest BCUT2D eigenvalue weighted by atomic mass is 10.0. The van der Waals surface area contributed by atoms with Crippen LogP contribution in [-0.2, 0) is 25.7 Å². The largest absolute Gasteiger partial charge is 0.480 e. The molecular formula is C24H35ClN6O6. The number of halogens is 1. The van der Waals surface area contributed by atoms with Gasteiger partial charge in [0.1, 0.15) is 19.2 Å². The first-order valence-electron chi connectivity index (χ1n) is 12.0. The van der Waals surface area contributed by atoms with E-state index in [0.29, 0.717) is 32.4 Å². The number of alkyl carbamates (subject to hydrolysis) is 1. The van der Waals surface area contributed by atoms with Crippen molar-refractivity contribution in [1.29, 1.82) is 5.41 Å². The van der Waals surface area contributed by atoms with E-state index in [1.165, 1.54) is 9.80 Å². The number of piperidine rings is 1. The molecule has 1 aromatic carbocycles. The number of hydrogen-bond acceptors (Lipinski definition) is 6. The second-order valence-electron chi connectivity index (χ2n) is 9.19. The molecule has 0 radical (unpaired) electrons. The number of benzene rings is 1. The highest BCUT2D eigenvalue weighted by Crippen LogP contribution is 2.27. The van der Waals surface area contributed by atoms with Gasteiger partial charge in [0.05, 0.1) is 6.42 Å². The number of carboxylic acid groups (broad SMARTS) is 1. The first-order valence-corrected chi connectivity index (χ1v) is 12.0. The molecule has 3 amide bonds. The highest BCUT2D eigenvalue weighted by atomic mass is 35.5. The van der Waals surface area contributed by atoms with Gasteiger partial charge in [0.15, 0.2) is 5.96 Å². The summed E-state index contributed by atoms with van der Waals surface area (Å²) < 4.78 is 5.24. The number of nitrogens with two attached hydrogens (primary N) is 1. The Kier molecular flexibility index (Phi) is 11.0. The number of carbonyl (C=O) groups excluding carboxylic acids is 3. The van der Waals surface area contributed by atoms with Gasteiger partial charge in [-0.2, -0.15) is 0 Å². The van der Waals surface area contributed by atoms with E-state index < -0.39 is 36.5 Å². The monoisotopic (exact) mass is 538 g/mol. The number of nitrogens with one attached hydrogen (secondary N) is 2. The first kappa shape index (κ1) is 29.7. The molecule has 13 heteroatoms. The Morgan fingerprint density at radius 1 is 1.19 bits per heavy atom. The van der Waals surface area contributed by atoms with Crippen molar-refractivity contribution in [2.45, 2.75) is 56.8 Å². The standard InChI is InChI=1S/C24H34N6O6.ClH/c1-28(18-8-5-11-29(13-18)23(25)26)20(31)12-19(22(34)30(14-21(32)33)17-9-10-17)27-24(35)36-15-16-6-3-2-4-7-16;/h2-4,6-7,17-19H,5,8-15H2,1H3,(H3,25,26)(H,27,35)(H,32,33);1H/t18-,19-;/m0./s1. The fourth-order valence-corrected chi connectivity index (χ4v) is 4.24. The predicted molar refractivity (Wildman–Crippen MR) is 137 cm³/mol. The van der Waals surface area contributed by atoms with Crippen LogP contribution >= 0.6 is 12.4 Å². The molecule has 1 aliphatic heterocycles. The number of ether oxygens (including phenoxy) is 1. The number of guanidine groups is 1. The Labute approximate surface area is 222 Å². The molecule has 1 aliphatic carbocycles. The maximum absolute atomic E-state index is 13.3. The van der Waals surface area contributed by atoms with Gasteiger partial charge in [0.2, 0.25) is 11.8 Å². The van der Waals surface area contributed by atoms with Gasteiger partial charge < -0.3 is 35.6 Å². The van der Waals surface area contributed by atoms with Crippen LogP contribution in [0.5, 0.6) is 0 Å². The average molecular weight is 539 g/mol. The molecule has 3 rings (SSSR count). The minimum atomic E-state index is -1.28. The minimum absolute atomic E-state index is 0. The van der Waals surface area contributed by atoms with Gasteiger partial charge in [-0.15, -0.1) is 12.4 Å². The van der Waals surface area contributed by atoms with Gasteiger partial charge >= 0.3 is 12.1 Å². The predicted octanol–water partition coefficient (Wildman–Crippen LogP) is 0.985. The van der Waals surface area contributed by atoms with Crippen molar-refractivity contribution < 1.29 is 29.0 Å². The normalized spacial score (nSPS) is 17.5. The molecule has 1 saturated heterocycles. The van der Waals surface area contributed by atoms with E-state index in [1.807, 2.05) is 6.07 Å². The van der Waals surface area contributed by atoms with Crippen molar-refractivity contribution in [3.05, 3.63) is 35.9 Å². The molecule has 1 saturated carbocycles. The maximum atomic E-state index is 13.3. The van der Waals surface area contributed by atoms with Crippen LogP contribution in [0.15, 0.2) is 30.3 Å². The third-order valence-corrected chi connectivity index (χ3v) is 6.44. The number of likely N-dealkylation sites (N-methyl/N-ethyl adjacent to an activating group) is 1. The molecule has 12 nitrogen and oxygen atoms in total. The smallest absolute Gasteiger partial charge is 0.408 e. The molecule has 0 spiro atoms. The topological polar surface area (TPSA) is 169 Å². The van der Waals surface area contributed by atoms with Crippen molar-refractivity contribution in [3.8, 4) is 0 Å². The summed E-state index contributed by atoms with van der Waals surface area (Å²) in [6.07, 6.45) is 1.57. The van der Waals surface area contributed by atoms with Gasteiger partial charge in [-0.05, 0) is 31.2 Å². The van der Waals surface area contributed by atoms with E-state index in [1.54, 1.807) is 36.2 Å². The average Bonchev–Trinajstić information content (AvgIpc) is 3.70. The van der Waals surface area contributed by atoms with E-state index >= 15 is 0 Å². The number of carboxylic acids is 1. The van der Waals surface area contributed by atoms with E-state index in [4.69, 9.17) is 15.9 Å². The third kappa shape index (κ3) is 8.81. The number of carbonyl (C=O) groups is 4. The summed E-state index contributed by atoms with van der Waals surface area (Å²) in [5, 5.41) is 19.4. The van der Waals surface area contributed by atoms with Gasteiger partial charge in [-0.1, -0.05) is 30.3 Å².